The Morgan fingerprint density at radius 2 is 1.95 bits per heavy atom. The van der Waals surface area contributed by atoms with Gasteiger partial charge in [-0.1, -0.05) is 24.3 Å². The molecule has 1 unspecified atom stereocenters. The molecule has 2 aromatic rings. The van der Waals surface area contributed by atoms with E-state index in [1.165, 1.54) is 30.7 Å². The lowest BCUT2D eigenvalue weighted by atomic mass is 9.98. The zero-order valence-electron chi connectivity index (χ0n) is 12.1. The van der Waals surface area contributed by atoms with E-state index in [0.717, 1.165) is 24.0 Å². The van der Waals surface area contributed by atoms with Crippen LogP contribution in [0.25, 0.3) is 0 Å². The number of benzene rings is 2. The molecular weight excluding hydrogens is 267 g/mol. The third-order valence-electron chi connectivity index (χ3n) is 4.15. The van der Waals surface area contributed by atoms with Crippen LogP contribution < -0.4 is 4.74 Å². The van der Waals surface area contributed by atoms with Gasteiger partial charge in [-0.3, -0.25) is 0 Å². The van der Waals surface area contributed by atoms with Gasteiger partial charge in [0.1, 0.15) is 0 Å². The van der Waals surface area contributed by atoms with Gasteiger partial charge in [0.05, 0.1) is 13.2 Å². The van der Waals surface area contributed by atoms with Gasteiger partial charge >= 0.3 is 0 Å². The zero-order chi connectivity index (χ0) is 14.8. The minimum absolute atomic E-state index is 0.228. The predicted molar refractivity (Wildman–Crippen MR) is 80.1 cm³/mol. The summed E-state index contributed by atoms with van der Waals surface area (Å²) in [6.45, 7) is 0. The number of aliphatic hydroxyl groups excluding tert-OH is 1. The smallest absolute Gasteiger partial charge is 0.165 e. The number of halogens is 1. The molecule has 1 aliphatic rings. The lowest BCUT2D eigenvalue weighted by Crippen LogP contribution is -2.03. The Labute approximate surface area is 124 Å². The van der Waals surface area contributed by atoms with E-state index >= 15 is 0 Å². The van der Waals surface area contributed by atoms with E-state index < -0.39 is 11.9 Å². The van der Waals surface area contributed by atoms with E-state index in [4.69, 9.17) is 4.74 Å². The Hall–Kier alpha value is -1.87. The lowest BCUT2D eigenvalue weighted by Gasteiger charge is -2.13. The summed E-state index contributed by atoms with van der Waals surface area (Å²) < 4.78 is 18.6. The molecule has 0 radical (unpaired) electrons. The van der Waals surface area contributed by atoms with Crippen molar-refractivity contribution in [2.75, 3.05) is 7.11 Å². The quantitative estimate of drug-likeness (QED) is 0.930. The van der Waals surface area contributed by atoms with Crippen LogP contribution in [0, 0.1) is 5.82 Å². The molecule has 0 aromatic heterocycles. The first-order valence-corrected chi connectivity index (χ1v) is 7.29. The first-order chi connectivity index (χ1) is 10.2. The number of aryl methyl sites for hydroxylation is 2. The molecule has 1 N–H and O–H groups in total. The zero-order valence-corrected chi connectivity index (χ0v) is 12.1. The van der Waals surface area contributed by atoms with Crippen molar-refractivity contribution in [3.63, 3.8) is 0 Å². The summed E-state index contributed by atoms with van der Waals surface area (Å²) >= 11 is 0. The molecule has 3 rings (SSSR count). The number of hydrogen-bond acceptors (Lipinski definition) is 2. The highest BCUT2D eigenvalue weighted by molar-refractivity contribution is 5.37. The number of rotatable bonds is 4. The molecule has 110 valence electrons. The Kier molecular flexibility index (Phi) is 3.93. The molecule has 21 heavy (non-hydrogen) atoms. The topological polar surface area (TPSA) is 29.5 Å². The molecular formula is C18H19FO2. The maximum absolute atomic E-state index is 13.7. The molecule has 0 heterocycles. The molecule has 2 nitrogen and oxygen atoms in total. The molecule has 0 spiro atoms. The van der Waals surface area contributed by atoms with Gasteiger partial charge in [0.15, 0.2) is 11.6 Å². The van der Waals surface area contributed by atoms with Gasteiger partial charge in [0, 0.05) is 6.42 Å². The second-order valence-electron chi connectivity index (χ2n) is 5.57. The van der Waals surface area contributed by atoms with Crippen molar-refractivity contribution in [3.8, 4) is 5.75 Å². The van der Waals surface area contributed by atoms with Gasteiger partial charge in [-0.05, 0) is 53.6 Å². The van der Waals surface area contributed by atoms with Gasteiger partial charge < -0.3 is 9.84 Å². The van der Waals surface area contributed by atoms with Gasteiger partial charge in [0.25, 0.3) is 0 Å². The van der Waals surface area contributed by atoms with Crippen LogP contribution in [0.4, 0.5) is 4.39 Å². The Bertz CT molecular complexity index is 652. The van der Waals surface area contributed by atoms with Crippen molar-refractivity contribution in [1.82, 2.24) is 0 Å². The maximum atomic E-state index is 13.7. The van der Waals surface area contributed by atoms with Crippen LogP contribution in [-0.2, 0) is 19.3 Å². The van der Waals surface area contributed by atoms with Crippen LogP contribution in [0.5, 0.6) is 5.75 Å². The van der Waals surface area contributed by atoms with E-state index in [9.17, 15) is 9.50 Å². The van der Waals surface area contributed by atoms with E-state index in [2.05, 4.69) is 12.1 Å². The molecule has 0 saturated heterocycles. The molecule has 0 bridgehead atoms. The van der Waals surface area contributed by atoms with E-state index in [1.807, 2.05) is 6.07 Å². The highest BCUT2D eigenvalue weighted by Gasteiger charge is 2.15. The Balaban J connectivity index is 1.76. The minimum atomic E-state index is -0.608. The van der Waals surface area contributed by atoms with Crippen LogP contribution >= 0.6 is 0 Å². The summed E-state index contributed by atoms with van der Waals surface area (Å²) in [7, 11) is 1.44. The summed E-state index contributed by atoms with van der Waals surface area (Å²) in [6, 6.07) is 11.0. The van der Waals surface area contributed by atoms with Crippen molar-refractivity contribution >= 4 is 0 Å². The van der Waals surface area contributed by atoms with E-state index in [0.29, 0.717) is 6.42 Å². The van der Waals surface area contributed by atoms with Gasteiger partial charge in [-0.15, -0.1) is 0 Å². The monoisotopic (exact) mass is 286 g/mol. The summed E-state index contributed by atoms with van der Waals surface area (Å²) in [4.78, 5) is 0. The van der Waals surface area contributed by atoms with Gasteiger partial charge in [-0.25, -0.2) is 4.39 Å². The molecule has 0 amide bonds. The standard InChI is InChI=1S/C18H19FO2/c1-21-18-8-5-12(9-16(18)19)10-17(20)15-7-6-13-3-2-4-14(13)11-15/h5-9,11,17,20H,2-4,10H2,1H3. The van der Waals surface area contributed by atoms with Crippen LogP contribution in [-0.4, -0.2) is 12.2 Å². The largest absolute Gasteiger partial charge is 0.494 e. The summed E-state index contributed by atoms with van der Waals surface area (Å²) in [5.41, 5.74) is 4.40. The second kappa shape index (κ2) is 5.86. The SMILES string of the molecule is COc1ccc(CC(O)c2ccc3c(c2)CCC3)cc1F. The van der Waals surface area contributed by atoms with Gasteiger partial charge in [0.2, 0.25) is 0 Å². The van der Waals surface area contributed by atoms with E-state index in [1.54, 1.807) is 12.1 Å². The highest BCUT2D eigenvalue weighted by atomic mass is 19.1. The minimum Gasteiger partial charge on any atom is -0.494 e. The normalized spacial score (nSPS) is 14.8. The third-order valence-corrected chi connectivity index (χ3v) is 4.15. The number of aliphatic hydroxyl groups is 1. The van der Waals surface area contributed by atoms with Crippen molar-refractivity contribution < 1.29 is 14.2 Å². The third kappa shape index (κ3) is 2.93. The predicted octanol–water partition coefficient (Wildman–Crippen LogP) is 3.60. The van der Waals surface area contributed by atoms with Crippen LogP contribution in [0.3, 0.4) is 0 Å². The molecule has 0 saturated carbocycles. The first kappa shape index (κ1) is 14.1. The summed E-state index contributed by atoms with van der Waals surface area (Å²) in [5.74, 6) is -0.165. The van der Waals surface area contributed by atoms with Crippen molar-refractivity contribution in [2.24, 2.45) is 0 Å². The highest BCUT2D eigenvalue weighted by Crippen LogP contribution is 2.27. The molecule has 1 aliphatic carbocycles. The second-order valence-corrected chi connectivity index (χ2v) is 5.57. The van der Waals surface area contributed by atoms with Crippen molar-refractivity contribution in [3.05, 3.63) is 64.5 Å². The summed E-state index contributed by atoms with van der Waals surface area (Å²) in [5, 5.41) is 10.4. The molecule has 3 heteroatoms. The fourth-order valence-corrected chi connectivity index (χ4v) is 2.98. The fourth-order valence-electron chi connectivity index (χ4n) is 2.98. The fraction of sp³-hybridized carbons (Fsp3) is 0.333. The Morgan fingerprint density at radius 1 is 1.14 bits per heavy atom. The lowest BCUT2D eigenvalue weighted by molar-refractivity contribution is 0.178. The maximum Gasteiger partial charge on any atom is 0.165 e. The van der Waals surface area contributed by atoms with Crippen LogP contribution in [0.1, 0.15) is 34.8 Å². The summed E-state index contributed by atoms with van der Waals surface area (Å²) in [6.07, 6.45) is 3.21. The number of methoxy groups -OCH3 is 1. The average Bonchev–Trinajstić information content (AvgIpc) is 2.94. The number of ether oxygens (including phenoxy) is 1. The van der Waals surface area contributed by atoms with Gasteiger partial charge in [-0.2, -0.15) is 0 Å². The number of hydrogen-bond donors (Lipinski definition) is 1. The van der Waals surface area contributed by atoms with Crippen molar-refractivity contribution in [1.29, 1.82) is 0 Å². The number of fused-ring (bicyclic) bond motifs is 1. The van der Waals surface area contributed by atoms with E-state index in [-0.39, 0.29) is 5.75 Å². The van der Waals surface area contributed by atoms with Crippen molar-refractivity contribution in [2.45, 2.75) is 31.8 Å². The molecule has 0 fully saturated rings. The molecule has 2 aromatic carbocycles. The first-order valence-electron chi connectivity index (χ1n) is 7.29. The average molecular weight is 286 g/mol. The Morgan fingerprint density at radius 3 is 2.71 bits per heavy atom. The van der Waals surface area contributed by atoms with Crippen LogP contribution in [0.2, 0.25) is 0 Å². The molecule has 0 aliphatic heterocycles. The van der Waals surface area contributed by atoms with Crippen LogP contribution in [0.15, 0.2) is 36.4 Å². The molecule has 1 atom stereocenters.